The monoisotopic (exact) mass is 465 g/mol. The van der Waals surface area contributed by atoms with Gasteiger partial charge >= 0.3 is 5.97 Å². The topological polar surface area (TPSA) is 77.8 Å². The number of nitriles is 1. The highest BCUT2D eigenvalue weighted by Crippen LogP contribution is 2.30. The normalized spacial score (nSPS) is 17.7. The number of nitrogens with zero attached hydrogens (tertiary/aromatic N) is 1. The fraction of sp³-hybridized carbons (Fsp3) is 0.500. The maximum Gasteiger partial charge on any atom is 0.343 e. The number of ether oxygens (including phenoxy) is 4. The molecule has 0 atom stereocenters. The Morgan fingerprint density at radius 3 is 2.32 bits per heavy atom. The quantitative estimate of drug-likeness (QED) is 0.200. The number of esters is 1. The molecule has 182 valence electrons. The molecule has 0 unspecified atom stereocenters. The first-order valence-corrected chi connectivity index (χ1v) is 12.4. The lowest BCUT2D eigenvalue weighted by Gasteiger charge is -2.30. The van der Waals surface area contributed by atoms with E-state index in [1.165, 1.54) is 25.3 Å². The van der Waals surface area contributed by atoms with E-state index < -0.39 is 12.3 Å². The van der Waals surface area contributed by atoms with Gasteiger partial charge in [0.05, 0.1) is 37.0 Å². The molecule has 0 amide bonds. The van der Waals surface area contributed by atoms with Crippen molar-refractivity contribution in [3.63, 3.8) is 0 Å². The average molecular weight is 466 g/mol. The molecule has 0 aromatic heterocycles. The van der Waals surface area contributed by atoms with Gasteiger partial charge in [-0.25, -0.2) is 4.79 Å². The van der Waals surface area contributed by atoms with Crippen molar-refractivity contribution in [3.8, 4) is 17.6 Å². The lowest BCUT2D eigenvalue weighted by atomic mass is 10.0. The Labute approximate surface area is 202 Å². The number of hydrogen-bond acceptors (Lipinski definition) is 6. The molecule has 1 saturated heterocycles. The van der Waals surface area contributed by atoms with Crippen LogP contribution in [0.4, 0.5) is 0 Å². The zero-order valence-electron chi connectivity index (χ0n) is 20.3. The summed E-state index contributed by atoms with van der Waals surface area (Å²) in [5.74, 6) is 1.02. The van der Waals surface area contributed by atoms with Crippen molar-refractivity contribution in [2.75, 3.05) is 19.8 Å². The summed E-state index contributed by atoms with van der Waals surface area (Å²) in [7, 11) is 0. The van der Waals surface area contributed by atoms with Gasteiger partial charge in [0.15, 0.2) is 6.29 Å². The summed E-state index contributed by atoms with van der Waals surface area (Å²) in [4.78, 5) is 12.6. The Hall–Kier alpha value is -2.88. The predicted octanol–water partition coefficient (Wildman–Crippen LogP) is 6.59. The average Bonchev–Trinajstić information content (AvgIpc) is 2.88. The Kier molecular flexibility index (Phi) is 10.4. The van der Waals surface area contributed by atoms with Gasteiger partial charge in [0, 0.05) is 11.5 Å². The van der Waals surface area contributed by atoms with Crippen LogP contribution in [0.15, 0.2) is 42.5 Å². The maximum atomic E-state index is 12.6. The van der Waals surface area contributed by atoms with E-state index in [2.05, 4.69) is 19.9 Å². The van der Waals surface area contributed by atoms with E-state index >= 15 is 0 Å². The van der Waals surface area contributed by atoms with Gasteiger partial charge in [-0.05, 0) is 49.2 Å². The third kappa shape index (κ3) is 7.58. The number of rotatable bonds is 12. The minimum Gasteiger partial charge on any atom is -0.494 e. The van der Waals surface area contributed by atoms with E-state index in [9.17, 15) is 10.1 Å². The molecule has 0 bridgehead atoms. The predicted molar refractivity (Wildman–Crippen MR) is 130 cm³/mol. The van der Waals surface area contributed by atoms with Crippen LogP contribution in [-0.2, 0) is 9.47 Å². The molecule has 1 aliphatic heterocycles. The molecule has 6 heteroatoms. The SMILES string of the molecule is CCCCCOc1ccc(OC(=O)c2ccc(C3OCC(CCCCC)CO3)c(C#N)c2)cc1. The van der Waals surface area contributed by atoms with Crippen molar-refractivity contribution < 1.29 is 23.7 Å². The summed E-state index contributed by atoms with van der Waals surface area (Å²) < 4.78 is 23.0. The van der Waals surface area contributed by atoms with Crippen LogP contribution in [0.25, 0.3) is 0 Å². The molecule has 1 heterocycles. The van der Waals surface area contributed by atoms with E-state index in [0.717, 1.165) is 31.4 Å². The minimum absolute atomic E-state index is 0.299. The molecule has 1 fully saturated rings. The van der Waals surface area contributed by atoms with Gasteiger partial charge < -0.3 is 18.9 Å². The molecule has 0 spiro atoms. The standard InChI is InChI=1S/C28H35NO5/c1-3-5-7-9-21-19-32-28(33-20-21)26-15-10-22(17-23(26)18-29)27(30)34-25-13-11-24(12-14-25)31-16-8-6-4-2/h10-15,17,21,28H,3-9,16,19-20H2,1-2H3. The molecular formula is C28H35NO5. The number of unbranched alkanes of at least 4 members (excludes halogenated alkanes) is 4. The molecule has 0 aliphatic carbocycles. The van der Waals surface area contributed by atoms with E-state index in [0.29, 0.717) is 48.2 Å². The summed E-state index contributed by atoms with van der Waals surface area (Å²) >= 11 is 0. The molecular weight excluding hydrogens is 430 g/mol. The van der Waals surface area contributed by atoms with Crippen LogP contribution in [-0.4, -0.2) is 25.8 Å². The van der Waals surface area contributed by atoms with Crippen molar-refractivity contribution in [2.45, 2.75) is 65.1 Å². The molecule has 0 radical (unpaired) electrons. The van der Waals surface area contributed by atoms with Gasteiger partial charge in [-0.1, -0.05) is 52.0 Å². The molecule has 34 heavy (non-hydrogen) atoms. The second-order valence-corrected chi connectivity index (χ2v) is 8.69. The van der Waals surface area contributed by atoms with Crippen LogP contribution in [0, 0.1) is 17.2 Å². The molecule has 2 aromatic carbocycles. The van der Waals surface area contributed by atoms with Gasteiger partial charge in [-0.3, -0.25) is 0 Å². The zero-order valence-corrected chi connectivity index (χ0v) is 20.3. The third-order valence-corrected chi connectivity index (χ3v) is 5.90. The molecule has 0 saturated carbocycles. The summed E-state index contributed by atoms with van der Waals surface area (Å²) in [5, 5.41) is 9.65. The van der Waals surface area contributed by atoms with Crippen LogP contribution >= 0.6 is 0 Å². The van der Waals surface area contributed by atoms with E-state index in [-0.39, 0.29) is 0 Å². The van der Waals surface area contributed by atoms with Crippen molar-refractivity contribution in [1.29, 1.82) is 5.26 Å². The highest BCUT2D eigenvalue weighted by Gasteiger charge is 2.26. The Morgan fingerprint density at radius 1 is 0.971 bits per heavy atom. The van der Waals surface area contributed by atoms with Crippen LogP contribution in [0.2, 0.25) is 0 Å². The molecule has 1 aliphatic rings. The van der Waals surface area contributed by atoms with Gasteiger partial charge in [0.1, 0.15) is 11.5 Å². The first-order valence-electron chi connectivity index (χ1n) is 12.4. The van der Waals surface area contributed by atoms with Crippen molar-refractivity contribution in [3.05, 3.63) is 59.2 Å². The fourth-order valence-corrected chi connectivity index (χ4v) is 3.87. The zero-order chi connectivity index (χ0) is 24.2. The minimum atomic E-state index is -0.591. The van der Waals surface area contributed by atoms with E-state index in [4.69, 9.17) is 18.9 Å². The second-order valence-electron chi connectivity index (χ2n) is 8.69. The maximum absolute atomic E-state index is 12.6. The summed E-state index contributed by atoms with van der Waals surface area (Å²) in [6.45, 7) is 6.24. The van der Waals surface area contributed by atoms with Crippen LogP contribution < -0.4 is 9.47 Å². The van der Waals surface area contributed by atoms with Crippen LogP contribution in [0.3, 0.4) is 0 Å². The first kappa shape index (κ1) is 25.7. The first-order chi connectivity index (χ1) is 16.6. The van der Waals surface area contributed by atoms with Crippen LogP contribution in [0.5, 0.6) is 11.5 Å². The summed E-state index contributed by atoms with van der Waals surface area (Å²) in [6.07, 6.45) is 7.37. The van der Waals surface area contributed by atoms with Crippen LogP contribution in [0.1, 0.15) is 86.6 Å². The Bertz CT molecular complexity index is 942. The highest BCUT2D eigenvalue weighted by atomic mass is 16.7. The van der Waals surface area contributed by atoms with Gasteiger partial charge in [0.25, 0.3) is 0 Å². The molecule has 2 aromatic rings. The number of carbonyl (C=O) groups is 1. The third-order valence-electron chi connectivity index (χ3n) is 5.90. The lowest BCUT2D eigenvalue weighted by molar-refractivity contribution is -0.206. The Morgan fingerprint density at radius 2 is 1.65 bits per heavy atom. The lowest BCUT2D eigenvalue weighted by Crippen LogP contribution is -2.27. The molecule has 0 N–H and O–H groups in total. The number of hydrogen-bond donors (Lipinski definition) is 0. The second kappa shape index (κ2) is 13.7. The smallest absolute Gasteiger partial charge is 0.343 e. The summed E-state index contributed by atoms with van der Waals surface area (Å²) in [5.41, 5.74) is 1.28. The summed E-state index contributed by atoms with van der Waals surface area (Å²) in [6, 6.07) is 14.0. The molecule has 6 nitrogen and oxygen atoms in total. The highest BCUT2D eigenvalue weighted by molar-refractivity contribution is 5.91. The van der Waals surface area contributed by atoms with Gasteiger partial charge in [-0.15, -0.1) is 0 Å². The number of benzene rings is 2. The van der Waals surface area contributed by atoms with Crippen molar-refractivity contribution >= 4 is 5.97 Å². The fourth-order valence-electron chi connectivity index (χ4n) is 3.87. The Balaban J connectivity index is 1.55. The largest absolute Gasteiger partial charge is 0.494 e. The molecule has 3 rings (SSSR count). The number of carbonyl (C=O) groups excluding carboxylic acids is 1. The van der Waals surface area contributed by atoms with Gasteiger partial charge in [0.2, 0.25) is 0 Å². The van der Waals surface area contributed by atoms with Crippen molar-refractivity contribution in [1.82, 2.24) is 0 Å². The van der Waals surface area contributed by atoms with Gasteiger partial charge in [-0.2, -0.15) is 5.26 Å². The van der Waals surface area contributed by atoms with E-state index in [1.54, 1.807) is 36.4 Å². The van der Waals surface area contributed by atoms with E-state index in [1.807, 2.05) is 0 Å². The van der Waals surface area contributed by atoms with Crippen molar-refractivity contribution in [2.24, 2.45) is 5.92 Å².